The fraction of sp³-hybridized carbons (Fsp3) is 0.278. The monoisotopic (exact) mass is 325 g/mol. The van der Waals surface area contributed by atoms with Gasteiger partial charge < -0.3 is 14.6 Å². The van der Waals surface area contributed by atoms with Crippen LogP contribution in [0.25, 0.3) is 10.9 Å². The minimum atomic E-state index is -0.270. The van der Waals surface area contributed by atoms with Crippen LogP contribution in [0.4, 0.5) is 0 Å². The molecule has 0 fully saturated rings. The van der Waals surface area contributed by atoms with Crippen molar-refractivity contribution in [2.45, 2.75) is 20.3 Å². The number of hydrogen-bond acceptors (Lipinski definition) is 5. The molecular weight excluding hydrogens is 306 g/mol. The summed E-state index contributed by atoms with van der Waals surface area (Å²) in [5, 5.41) is 7.52. The minimum Gasteiger partial charge on any atom is -0.489 e. The third kappa shape index (κ3) is 3.53. The van der Waals surface area contributed by atoms with Gasteiger partial charge in [-0.25, -0.2) is 4.98 Å². The lowest BCUT2D eigenvalue weighted by Crippen LogP contribution is -2.28. The van der Waals surface area contributed by atoms with Crippen molar-refractivity contribution in [2.24, 2.45) is 0 Å². The van der Waals surface area contributed by atoms with Crippen LogP contribution < -0.4 is 10.1 Å². The molecule has 0 bridgehead atoms. The maximum Gasteiger partial charge on any atom is 0.273 e. The van der Waals surface area contributed by atoms with E-state index >= 15 is 0 Å². The van der Waals surface area contributed by atoms with E-state index in [1.165, 1.54) is 0 Å². The fourth-order valence-corrected chi connectivity index (χ4v) is 2.34. The first-order valence-electron chi connectivity index (χ1n) is 7.90. The molecule has 2 heterocycles. The van der Waals surface area contributed by atoms with Crippen molar-refractivity contribution in [3.8, 4) is 5.75 Å². The molecule has 0 radical (unpaired) electrons. The Labute approximate surface area is 139 Å². The van der Waals surface area contributed by atoms with E-state index in [9.17, 15) is 4.79 Å². The molecule has 6 nitrogen and oxygen atoms in total. The molecule has 0 atom stereocenters. The van der Waals surface area contributed by atoms with Gasteiger partial charge in [0.1, 0.15) is 23.6 Å². The molecule has 1 aromatic carbocycles. The van der Waals surface area contributed by atoms with Crippen LogP contribution in [-0.4, -0.2) is 29.2 Å². The zero-order chi connectivity index (χ0) is 16.9. The maximum absolute atomic E-state index is 11.9. The van der Waals surface area contributed by atoms with E-state index in [4.69, 9.17) is 9.26 Å². The number of benzene rings is 1. The maximum atomic E-state index is 11.9. The van der Waals surface area contributed by atoms with Crippen LogP contribution in [0.5, 0.6) is 5.75 Å². The summed E-state index contributed by atoms with van der Waals surface area (Å²) in [7, 11) is 0. The zero-order valence-electron chi connectivity index (χ0n) is 13.7. The number of pyridine rings is 1. The third-order valence-electron chi connectivity index (χ3n) is 3.61. The molecule has 3 rings (SSSR count). The van der Waals surface area contributed by atoms with Crippen molar-refractivity contribution in [2.75, 3.05) is 13.2 Å². The number of ether oxygens (including phenoxy) is 1. The van der Waals surface area contributed by atoms with Gasteiger partial charge in [-0.2, -0.15) is 0 Å². The predicted molar refractivity (Wildman–Crippen MR) is 90.2 cm³/mol. The Kier molecular flexibility index (Phi) is 4.74. The second-order valence-corrected chi connectivity index (χ2v) is 5.42. The largest absolute Gasteiger partial charge is 0.489 e. The van der Waals surface area contributed by atoms with Crippen molar-refractivity contribution >= 4 is 16.8 Å². The highest BCUT2D eigenvalue weighted by Gasteiger charge is 2.11. The summed E-state index contributed by atoms with van der Waals surface area (Å²) in [4.78, 5) is 16.5. The van der Waals surface area contributed by atoms with E-state index in [0.717, 1.165) is 16.6 Å². The van der Waals surface area contributed by atoms with Gasteiger partial charge in [0.05, 0.1) is 6.54 Å². The number of rotatable bonds is 6. The molecule has 24 heavy (non-hydrogen) atoms. The number of aryl methyl sites for hydroxylation is 2. The second-order valence-electron chi connectivity index (χ2n) is 5.42. The van der Waals surface area contributed by atoms with Gasteiger partial charge in [-0.3, -0.25) is 4.79 Å². The SMILES string of the molecule is CCc1cc(C(=O)NCCOc2cccc3ccc(C)nc23)no1. The van der Waals surface area contributed by atoms with Crippen molar-refractivity contribution in [1.29, 1.82) is 0 Å². The van der Waals surface area contributed by atoms with Gasteiger partial charge >= 0.3 is 0 Å². The molecule has 1 N–H and O–H groups in total. The molecule has 0 aliphatic carbocycles. The lowest BCUT2D eigenvalue weighted by atomic mass is 10.2. The van der Waals surface area contributed by atoms with E-state index in [-0.39, 0.29) is 11.6 Å². The van der Waals surface area contributed by atoms with Gasteiger partial charge in [-0.15, -0.1) is 0 Å². The predicted octanol–water partition coefficient (Wildman–Crippen LogP) is 2.90. The Morgan fingerprint density at radius 1 is 1.29 bits per heavy atom. The number of carbonyl (C=O) groups excluding carboxylic acids is 1. The number of hydrogen-bond donors (Lipinski definition) is 1. The summed E-state index contributed by atoms with van der Waals surface area (Å²) >= 11 is 0. The molecule has 0 unspecified atom stereocenters. The van der Waals surface area contributed by atoms with Gasteiger partial charge in [0.25, 0.3) is 5.91 Å². The lowest BCUT2D eigenvalue weighted by molar-refractivity contribution is 0.0938. The van der Waals surface area contributed by atoms with Crippen molar-refractivity contribution in [3.05, 3.63) is 53.5 Å². The molecule has 0 aliphatic rings. The highest BCUT2D eigenvalue weighted by atomic mass is 16.5. The van der Waals surface area contributed by atoms with E-state index in [1.54, 1.807) is 6.07 Å². The summed E-state index contributed by atoms with van der Waals surface area (Å²) in [5.41, 5.74) is 2.05. The Hall–Kier alpha value is -2.89. The Morgan fingerprint density at radius 3 is 2.96 bits per heavy atom. The Balaban J connectivity index is 1.57. The van der Waals surface area contributed by atoms with Gasteiger partial charge in [-0.1, -0.05) is 30.3 Å². The molecule has 0 aliphatic heterocycles. The van der Waals surface area contributed by atoms with E-state index in [2.05, 4.69) is 15.5 Å². The highest BCUT2D eigenvalue weighted by Crippen LogP contribution is 2.23. The standard InChI is InChI=1S/C18H19N3O3/c1-3-14-11-15(21-24-14)18(22)19-9-10-23-16-6-4-5-13-8-7-12(2)20-17(13)16/h4-8,11H,3,9-10H2,1-2H3,(H,19,22). The van der Waals surface area contributed by atoms with Crippen LogP contribution in [0.2, 0.25) is 0 Å². The number of fused-ring (bicyclic) bond motifs is 1. The quantitative estimate of drug-likeness (QED) is 0.705. The summed E-state index contributed by atoms with van der Waals surface area (Å²) < 4.78 is 10.8. The van der Waals surface area contributed by atoms with E-state index in [0.29, 0.717) is 31.1 Å². The molecule has 1 amide bonds. The zero-order valence-corrected chi connectivity index (χ0v) is 13.7. The number of carbonyl (C=O) groups is 1. The summed E-state index contributed by atoms with van der Waals surface area (Å²) in [6.07, 6.45) is 0.705. The number of aromatic nitrogens is 2. The van der Waals surface area contributed by atoms with Gasteiger partial charge in [0.2, 0.25) is 0 Å². The first kappa shape index (κ1) is 16.0. The molecule has 0 spiro atoms. The van der Waals surface area contributed by atoms with Gasteiger partial charge in [0, 0.05) is 23.6 Å². The van der Waals surface area contributed by atoms with E-state index in [1.807, 2.05) is 44.2 Å². The number of nitrogens with one attached hydrogen (secondary N) is 1. The first-order valence-corrected chi connectivity index (χ1v) is 7.90. The minimum absolute atomic E-state index is 0.270. The number of para-hydroxylation sites is 1. The van der Waals surface area contributed by atoms with E-state index < -0.39 is 0 Å². The number of nitrogens with zero attached hydrogens (tertiary/aromatic N) is 2. The van der Waals surface area contributed by atoms with Crippen molar-refractivity contribution in [1.82, 2.24) is 15.5 Å². The molecule has 3 aromatic rings. The van der Waals surface area contributed by atoms with Crippen molar-refractivity contribution in [3.63, 3.8) is 0 Å². The number of amides is 1. The second kappa shape index (κ2) is 7.12. The van der Waals surface area contributed by atoms with Crippen LogP contribution in [0, 0.1) is 6.92 Å². The van der Waals surface area contributed by atoms with Crippen LogP contribution in [0.1, 0.15) is 28.9 Å². The van der Waals surface area contributed by atoms with Crippen LogP contribution in [-0.2, 0) is 6.42 Å². The van der Waals surface area contributed by atoms with Crippen LogP contribution in [0.15, 0.2) is 40.9 Å². The van der Waals surface area contributed by atoms with Crippen LogP contribution in [0.3, 0.4) is 0 Å². The topological polar surface area (TPSA) is 77.2 Å². The average Bonchev–Trinajstić information content (AvgIpc) is 3.08. The molecule has 0 saturated carbocycles. The van der Waals surface area contributed by atoms with Gasteiger partial charge in [0.15, 0.2) is 5.69 Å². The highest BCUT2D eigenvalue weighted by molar-refractivity contribution is 5.92. The molecule has 2 aromatic heterocycles. The Bertz CT molecular complexity index is 858. The Morgan fingerprint density at radius 2 is 2.17 bits per heavy atom. The van der Waals surface area contributed by atoms with Crippen molar-refractivity contribution < 1.29 is 14.1 Å². The summed E-state index contributed by atoms with van der Waals surface area (Å²) in [5.74, 6) is 1.13. The molecule has 0 saturated heterocycles. The lowest BCUT2D eigenvalue weighted by Gasteiger charge is -2.09. The third-order valence-corrected chi connectivity index (χ3v) is 3.61. The molecular formula is C18H19N3O3. The van der Waals surface area contributed by atoms with Crippen LogP contribution >= 0.6 is 0 Å². The smallest absolute Gasteiger partial charge is 0.273 e. The molecule has 6 heteroatoms. The normalized spacial score (nSPS) is 10.8. The fourth-order valence-electron chi connectivity index (χ4n) is 2.34. The summed E-state index contributed by atoms with van der Waals surface area (Å²) in [6, 6.07) is 11.4. The average molecular weight is 325 g/mol. The molecule has 124 valence electrons. The van der Waals surface area contributed by atoms with Gasteiger partial charge in [-0.05, 0) is 19.1 Å². The summed E-state index contributed by atoms with van der Waals surface area (Å²) in [6.45, 7) is 4.60. The first-order chi connectivity index (χ1) is 11.7.